The zero-order valence-corrected chi connectivity index (χ0v) is 17.2. The number of benzene rings is 2. The summed E-state index contributed by atoms with van der Waals surface area (Å²) in [7, 11) is 0.184. The van der Waals surface area contributed by atoms with E-state index in [4.69, 9.17) is 0 Å². The van der Waals surface area contributed by atoms with Crippen LogP contribution in [0.3, 0.4) is 0 Å². The second-order valence-corrected chi connectivity index (χ2v) is 9.17. The Morgan fingerprint density at radius 3 is 1.67 bits per heavy atom. The fourth-order valence-corrected chi connectivity index (χ4v) is 4.59. The molecule has 2 aromatic carbocycles. The first-order valence-electron chi connectivity index (χ1n) is 8.51. The normalized spacial score (nSPS) is 12.2. The Bertz CT molecular complexity index is 748. The lowest BCUT2D eigenvalue weighted by Gasteiger charge is -2.22. The molecule has 0 aliphatic carbocycles. The molecule has 2 heteroatoms. The average molecular weight is 340 g/mol. The van der Waals surface area contributed by atoms with Crippen molar-refractivity contribution in [2.45, 2.75) is 60.8 Å². The van der Waals surface area contributed by atoms with Crippen molar-refractivity contribution in [1.82, 2.24) is 0 Å². The molecule has 0 aliphatic rings. The van der Waals surface area contributed by atoms with Crippen LogP contribution >= 0.6 is 8.58 Å². The van der Waals surface area contributed by atoms with Crippen molar-refractivity contribution in [2.24, 2.45) is 0 Å². The first-order valence-corrected chi connectivity index (χ1v) is 9.51. The molecule has 1 unspecified atom stereocenters. The van der Waals surface area contributed by atoms with Crippen molar-refractivity contribution in [3.05, 3.63) is 63.2 Å². The van der Waals surface area contributed by atoms with Gasteiger partial charge in [0, 0.05) is 5.56 Å². The number of hydrogen-bond donors (Lipinski definition) is 0. The predicted octanol–water partition coefficient (Wildman–Crippen LogP) is 5.67. The summed E-state index contributed by atoms with van der Waals surface area (Å²) >= 11 is 0. The molecule has 0 fully saturated rings. The van der Waals surface area contributed by atoms with Gasteiger partial charge in [-0.1, -0.05) is 50.6 Å². The molecular weight excluding hydrogens is 311 g/mol. The molecule has 0 aromatic heterocycles. The standard InChI is InChI=1S/C22H29OP/c1-13-9-14(2)19(15(3)10-13)21(23)24-20-16(4)11-18(12-17(20)5)22(6,7)8/h9-12,24H,1-8H3. The zero-order chi connectivity index (χ0) is 18.2. The van der Waals surface area contributed by atoms with Gasteiger partial charge in [0.05, 0.1) is 0 Å². The summed E-state index contributed by atoms with van der Waals surface area (Å²) in [4.78, 5) is 13.0. The van der Waals surface area contributed by atoms with E-state index in [1.165, 1.54) is 27.6 Å². The Balaban J connectivity index is 2.41. The second kappa shape index (κ2) is 6.81. The molecule has 2 rings (SSSR count). The minimum atomic E-state index is 0.130. The van der Waals surface area contributed by atoms with Crippen LogP contribution in [-0.4, -0.2) is 5.52 Å². The molecule has 0 radical (unpaired) electrons. The molecule has 0 saturated carbocycles. The van der Waals surface area contributed by atoms with Crippen LogP contribution in [0.25, 0.3) is 0 Å². The number of carbonyl (C=O) groups is 1. The molecule has 24 heavy (non-hydrogen) atoms. The van der Waals surface area contributed by atoms with Gasteiger partial charge in [-0.2, -0.15) is 0 Å². The third-order valence-electron chi connectivity index (χ3n) is 4.54. The number of aryl methyl sites for hydroxylation is 5. The van der Waals surface area contributed by atoms with E-state index in [-0.39, 0.29) is 19.5 Å². The van der Waals surface area contributed by atoms with Gasteiger partial charge in [0.1, 0.15) is 0 Å². The van der Waals surface area contributed by atoms with Crippen molar-refractivity contribution in [1.29, 1.82) is 0 Å². The predicted molar refractivity (Wildman–Crippen MR) is 108 cm³/mol. The van der Waals surface area contributed by atoms with Gasteiger partial charge in [-0.15, -0.1) is 0 Å². The molecule has 0 saturated heterocycles. The molecule has 0 heterocycles. The molecule has 0 amide bonds. The second-order valence-electron chi connectivity index (χ2n) is 7.96. The lowest BCUT2D eigenvalue weighted by atomic mass is 9.85. The first-order chi connectivity index (χ1) is 11.0. The Morgan fingerprint density at radius 1 is 0.792 bits per heavy atom. The summed E-state index contributed by atoms with van der Waals surface area (Å²) in [6, 6.07) is 8.70. The van der Waals surface area contributed by atoms with Crippen LogP contribution in [0.4, 0.5) is 0 Å². The van der Waals surface area contributed by atoms with E-state index in [1.807, 2.05) is 13.8 Å². The van der Waals surface area contributed by atoms with E-state index in [0.717, 1.165) is 16.7 Å². The molecule has 1 atom stereocenters. The lowest BCUT2D eigenvalue weighted by Crippen LogP contribution is -2.17. The van der Waals surface area contributed by atoms with E-state index in [1.54, 1.807) is 0 Å². The zero-order valence-electron chi connectivity index (χ0n) is 16.2. The molecule has 128 valence electrons. The van der Waals surface area contributed by atoms with Gasteiger partial charge in [-0.25, -0.2) is 0 Å². The summed E-state index contributed by atoms with van der Waals surface area (Å²) in [5.41, 5.74) is 8.47. The van der Waals surface area contributed by atoms with Gasteiger partial charge in [0.15, 0.2) is 5.52 Å². The van der Waals surface area contributed by atoms with E-state index >= 15 is 0 Å². The summed E-state index contributed by atoms with van der Waals surface area (Å²) in [6.45, 7) is 17.1. The van der Waals surface area contributed by atoms with Crippen molar-refractivity contribution in [3.63, 3.8) is 0 Å². The largest absolute Gasteiger partial charge is 0.289 e. The van der Waals surface area contributed by atoms with Gasteiger partial charge in [0.2, 0.25) is 0 Å². The number of hydrogen-bond acceptors (Lipinski definition) is 1. The van der Waals surface area contributed by atoms with Gasteiger partial charge >= 0.3 is 0 Å². The van der Waals surface area contributed by atoms with Crippen molar-refractivity contribution < 1.29 is 4.79 Å². The van der Waals surface area contributed by atoms with E-state index in [9.17, 15) is 4.79 Å². The highest BCUT2D eigenvalue weighted by molar-refractivity contribution is 7.66. The van der Waals surface area contributed by atoms with Gasteiger partial charge in [0.25, 0.3) is 0 Å². The molecule has 0 aliphatic heterocycles. The third-order valence-corrected chi connectivity index (χ3v) is 6.06. The number of rotatable bonds is 3. The van der Waals surface area contributed by atoms with Gasteiger partial charge in [-0.3, -0.25) is 4.79 Å². The van der Waals surface area contributed by atoms with E-state index in [0.29, 0.717) is 0 Å². The maximum atomic E-state index is 13.0. The van der Waals surface area contributed by atoms with Crippen LogP contribution < -0.4 is 5.30 Å². The Labute approximate surface area is 148 Å². The fraction of sp³-hybridized carbons (Fsp3) is 0.409. The van der Waals surface area contributed by atoms with Crippen molar-refractivity contribution >= 4 is 19.4 Å². The monoisotopic (exact) mass is 340 g/mol. The lowest BCUT2D eigenvalue weighted by molar-refractivity contribution is 0.108. The van der Waals surface area contributed by atoms with Crippen LogP contribution in [0.5, 0.6) is 0 Å². The molecule has 2 aromatic rings. The molecular formula is C22H29OP. The minimum absolute atomic E-state index is 0.130. The quantitative estimate of drug-likeness (QED) is 0.658. The van der Waals surface area contributed by atoms with Crippen LogP contribution in [0, 0.1) is 34.6 Å². The fourth-order valence-electron chi connectivity index (χ4n) is 3.31. The molecule has 0 spiro atoms. The number of carbonyl (C=O) groups excluding carboxylic acids is 1. The van der Waals surface area contributed by atoms with Crippen LogP contribution in [0.1, 0.15) is 64.5 Å². The third kappa shape index (κ3) is 3.95. The van der Waals surface area contributed by atoms with Gasteiger partial charge < -0.3 is 0 Å². The highest BCUT2D eigenvalue weighted by atomic mass is 31.1. The minimum Gasteiger partial charge on any atom is -0.289 e. The summed E-state index contributed by atoms with van der Waals surface area (Å²) in [6.07, 6.45) is 0. The van der Waals surface area contributed by atoms with Crippen molar-refractivity contribution in [2.75, 3.05) is 0 Å². The highest BCUT2D eigenvalue weighted by Crippen LogP contribution is 2.30. The Morgan fingerprint density at radius 2 is 1.25 bits per heavy atom. The average Bonchev–Trinajstić information content (AvgIpc) is 2.40. The van der Waals surface area contributed by atoms with Gasteiger partial charge in [-0.05, 0) is 81.7 Å². The molecule has 0 N–H and O–H groups in total. The van der Waals surface area contributed by atoms with Crippen LogP contribution in [0.2, 0.25) is 0 Å². The summed E-state index contributed by atoms with van der Waals surface area (Å²) in [5, 5.41) is 1.20. The summed E-state index contributed by atoms with van der Waals surface area (Å²) in [5.74, 6) is 0. The topological polar surface area (TPSA) is 17.1 Å². The highest BCUT2D eigenvalue weighted by Gasteiger charge is 2.19. The SMILES string of the molecule is Cc1cc(C)c(C(=O)Pc2c(C)cc(C(C)(C)C)cc2C)c(C)c1. The maximum absolute atomic E-state index is 13.0. The van der Waals surface area contributed by atoms with E-state index < -0.39 is 0 Å². The maximum Gasteiger partial charge on any atom is 0.186 e. The Kier molecular flexibility index (Phi) is 5.35. The smallest absolute Gasteiger partial charge is 0.186 e. The first kappa shape index (κ1) is 18.9. The summed E-state index contributed by atoms with van der Waals surface area (Å²) < 4.78 is 0. The molecule has 1 nitrogen and oxygen atoms in total. The Hall–Kier alpha value is -1.46. The van der Waals surface area contributed by atoms with Crippen LogP contribution in [-0.2, 0) is 5.41 Å². The van der Waals surface area contributed by atoms with E-state index in [2.05, 4.69) is 65.8 Å². The van der Waals surface area contributed by atoms with Crippen molar-refractivity contribution in [3.8, 4) is 0 Å². The molecule has 0 bridgehead atoms. The van der Waals surface area contributed by atoms with Crippen LogP contribution in [0.15, 0.2) is 24.3 Å².